The summed E-state index contributed by atoms with van der Waals surface area (Å²) in [6, 6.07) is 9.60. The van der Waals surface area contributed by atoms with Crippen LogP contribution in [0.25, 0.3) is 10.8 Å². The van der Waals surface area contributed by atoms with Crippen molar-refractivity contribution in [2.24, 2.45) is 5.92 Å². The van der Waals surface area contributed by atoms with Gasteiger partial charge in [0.25, 0.3) is 0 Å². The van der Waals surface area contributed by atoms with Gasteiger partial charge in [-0.05, 0) is 77.5 Å². The second kappa shape index (κ2) is 7.26. The maximum Gasteiger partial charge on any atom is 0 e. The Balaban J connectivity index is 0.000000934. The maximum atomic E-state index is 2.46. The van der Waals surface area contributed by atoms with E-state index in [1.165, 1.54) is 36.5 Å². The molecule has 0 bridgehead atoms. The van der Waals surface area contributed by atoms with Crippen LogP contribution < -0.4 is 6.15 Å². The summed E-state index contributed by atoms with van der Waals surface area (Å²) in [6.07, 6.45) is 5.35. The summed E-state index contributed by atoms with van der Waals surface area (Å²) in [6.45, 7) is 8.70. The quantitative estimate of drug-likeness (QED) is 0.756. The van der Waals surface area contributed by atoms with Crippen LogP contribution in [0.5, 0.6) is 0 Å². The van der Waals surface area contributed by atoms with Crippen molar-refractivity contribution in [3.8, 4) is 0 Å². The van der Waals surface area contributed by atoms with Gasteiger partial charge in [-0.1, -0.05) is 45.0 Å². The van der Waals surface area contributed by atoms with Crippen molar-refractivity contribution in [3.63, 3.8) is 0 Å². The van der Waals surface area contributed by atoms with Crippen molar-refractivity contribution in [3.05, 3.63) is 46.5 Å². The number of hydrogen-bond donors (Lipinski definition) is 1. The van der Waals surface area contributed by atoms with Crippen LogP contribution in [0.4, 0.5) is 0 Å². The van der Waals surface area contributed by atoms with Gasteiger partial charge in [0.2, 0.25) is 0 Å². The van der Waals surface area contributed by atoms with E-state index in [1.807, 2.05) is 13.8 Å². The number of rotatable bonds is 1. The zero-order chi connectivity index (χ0) is 14.3. The molecule has 22 heavy (non-hydrogen) atoms. The molecule has 5 N–H and O–H groups in total. The molecule has 0 spiro atoms. The van der Waals surface area contributed by atoms with E-state index in [2.05, 4.69) is 38.1 Å². The van der Waals surface area contributed by atoms with Gasteiger partial charge in [0.15, 0.2) is 0 Å². The van der Waals surface area contributed by atoms with Gasteiger partial charge < -0.3 is 11.6 Å². The van der Waals surface area contributed by atoms with Gasteiger partial charge in [-0.3, -0.25) is 0 Å². The number of hydrogen-bond acceptors (Lipinski definition) is 1. The first-order valence-electron chi connectivity index (χ1n) is 8.27. The number of aryl methyl sites for hydroxylation is 1. The van der Waals surface area contributed by atoms with Gasteiger partial charge in [-0.15, -0.1) is 0 Å². The van der Waals surface area contributed by atoms with Crippen LogP contribution in [0.2, 0.25) is 0 Å². The summed E-state index contributed by atoms with van der Waals surface area (Å²) in [7, 11) is 0. The van der Waals surface area contributed by atoms with Crippen LogP contribution in [0, 0.1) is 12.8 Å². The highest BCUT2D eigenvalue weighted by molar-refractivity contribution is 5.88. The Bertz CT molecular complexity index is 650. The smallest absolute Gasteiger partial charge is 0 e. The SMILES string of the molecule is CC.Cc1c2c(cc3ccc(C4CC4)cc13)C[C@@H](C)C2.N.O.[HH]. The van der Waals surface area contributed by atoms with E-state index < -0.39 is 0 Å². The molecular weight excluding hydrogens is 270 g/mol. The molecule has 0 amide bonds. The van der Waals surface area contributed by atoms with E-state index >= 15 is 0 Å². The van der Waals surface area contributed by atoms with Crippen LogP contribution in [0.1, 0.15) is 63.2 Å². The van der Waals surface area contributed by atoms with Crippen LogP contribution in [-0.4, -0.2) is 5.48 Å². The van der Waals surface area contributed by atoms with Gasteiger partial charge in [-0.2, -0.15) is 0 Å². The summed E-state index contributed by atoms with van der Waals surface area (Å²) in [4.78, 5) is 0. The van der Waals surface area contributed by atoms with E-state index in [9.17, 15) is 0 Å². The highest BCUT2D eigenvalue weighted by Gasteiger charge is 2.25. The fourth-order valence-electron chi connectivity index (χ4n) is 3.64. The molecule has 4 rings (SSSR count). The molecule has 0 radical (unpaired) electrons. The van der Waals surface area contributed by atoms with E-state index in [0.29, 0.717) is 0 Å². The molecular formula is C20H33NO. The summed E-state index contributed by atoms with van der Waals surface area (Å²) in [5.74, 6) is 1.69. The lowest BCUT2D eigenvalue weighted by molar-refractivity contribution is 0.627. The zero-order valence-corrected chi connectivity index (χ0v) is 14.5. The molecule has 0 saturated heterocycles. The molecule has 0 heterocycles. The predicted molar refractivity (Wildman–Crippen MR) is 99.3 cm³/mol. The summed E-state index contributed by atoms with van der Waals surface area (Å²) in [5.41, 5.74) is 6.36. The summed E-state index contributed by atoms with van der Waals surface area (Å²) >= 11 is 0. The Hall–Kier alpha value is -1.38. The fourth-order valence-corrected chi connectivity index (χ4v) is 3.64. The Morgan fingerprint density at radius 1 is 1.05 bits per heavy atom. The first-order chi connectivity index (χ1) is 9.72. The first-order valence-corrected chi connectivity index (χ1v) is 8.27. The lowest BCUT2D eigenvalue weighted by atomic mass is 9.94. The molecule has 0 aliphatic heterocycles. The fraction of sp³-hybridized carbons (Fsp3) is 0.500. The van der Waals surface area contributed by atoms with Crippen LogP contribution in [0.3, 0.4) is 0 Å². The molecule has 2 aromatic rings. The van der Waals surface area contributed by atoms with E-state index in [0.717, 1.165) is 11.8 Å². The molecule has 2 nitrogen and oxygen atoms in total. The minimum Gasteiger partial charge on any atom is -0.412 e. The minimum absolute atomic E-state index is 0. The van der Waals surface area contributed by atoms with Crippen molar-refractivity contribution in [1.29, 1.82) is 0 Å². The molecule has 1 saturated carbocycles. The topological polar surface area (TPSA) is 66.5 Å². The van der Waals surface area contributed by atoms with E-state index in [4.69, 9.17) is 0 Å². The molecule has 2 heteroatoms. The van der Waals surface area contributed by atoms with Gasteiger partial charge >= 0.3 is 0 Å². The number of benzene rings is 2. The van der Waals surface area contributed by atoms with Crippen molar-refractivity contribution in [2.45, 2.75) is 59.3 Å². The van der Waals surface area contributed by atoms with Crippen molar-refractivity contribution in [1.82, 2.24) is 6.15 Å². The molecule has 124 valence electrons. The lowest BCUT2D eigenvalue weighted by Gasteiger charge is -2.10. The van der Waals surface area contributed by atoms with Crippen LogP contribution in [0.15, 0.2) is 24.3 Å². The average molecular weight is 303 g/mol. The monoisotopic (exact) mass is 303 g/mol. The van der Waals surface area contributed by atoms with E-state index in [1.54, 1.807) is 22.3 Å². The van der Waals surface area contributed by atoms with Gasteiger partial charge in [-0.25, -0.2) is 0 Å². The van der Waals surface area contributed by atoms with Crippen molar-refractivity contribution in [2.75, 3.05) is 0 Å². The second-order valence-electron chi connectivity index (χ2n) is 6.41. The average Bonchev–Trinajstić information content (AvgIpc) is 3.24. The summed E-state index contributed by atoms with van der Waals surface area (Å²) in [5, 5.41) is 2.96. The zero-order valence-electron chi connectivity index (χ0n) is 14.5. The van der Waals surface area contributed by atoms with Crippen LogP contribution in [-0.2, 0) is 12.8 Å². The Kier molecular flexibility index (Phi) is 6.16. The first kappa shape index (κ1) is 18.7. The highest BCUT2D eigenvalue weighted by Crippen LogP contribution is 2.42. The summed E-state index contributed by atoms with van der Waals surface area (Å²) < 4.78 is 0. The van der Waals surface area contributed by atoms with Gasteiger partial charge in [0.05, 0.1) is 0 Å². The largest absolute Gasteiger partial charge is 0.412 e. The van der Waals surface area contributed by atoms with Crippen LogP contribution >= 0.6 is 0 Å². The standard InChI is InChI=1S/C18H20.C2H6.H3N.H2O.H2/c1-11-7-16-9-15-6-5-14(13-3-4-13)10-18(15)12(2)17(16)8-11;1-2;;;/h5-6,9-11,13H,3-4,7-8H2,1-2H3;1-2H3;1H3;1H2;1H/t11-;;;;/m1..../s1. The molecule has 2 aliphatic carbocycles. The predicted octanol–water partition coefficient (Wildman–Crippen LogP) is 5.37. The van der Waals surface area contributed by atoms with Crippen molar-refractivity contribution < 1.29 is 6.90 Å². The van der Waals surface area contributed by atoms with Crippen molar-refractivity contribution >= 4 is 10.8 Å². The van der Waals surface area contributed by atoms with Gasteiger partial charge in [0, 0.05) is 1.43 Å². The van der Waals surface area contributed by atoms with Gasteiger partial charge in [0.1, 0.15) is 0 Å². The molecule has 0 aromatic heterocycles. The Labute approximate surface area is 136 Å². The normalized spacial score (nSPS) is 18.6. The Morgan fingerprint density at radius 3 is 2.36 bits per heavy atom. The Morgan fingerprint density at radius 2 is 1.73 bits per heavy atom. The molecule has 1 fully saturated rings. The third-order valence-electron chi connectivity index (χ3n) is 4.82. The number of fused-ring (bicyclic) bond motifs is 2. The maximum absolute atomic E-state index is 2.46. The third kappa shape index (κ3) is 3.18. The minimum atomic E-state index is 0. The second-order valence-corrected chi connectivity index (χ2v) is 6.41. The molecule has 2 aliphatic rings. The van der Waals surface area contributed by atoms with E-state index in [-0.39, 0.29) is 13.1 Å². The molecule has 0 unspecified atom stereocenters. The molecule has 2 aromatic carbocycles. The third-order valence-corrected chi connectivity index (χ3v) is 4.82. The highest BCUT2D eigenvalue weighted by atomic mass is 16.0. The lowest BCUT2D eigenvalue weighted by Crippen LogP contribution is -1.92. The molecule has 1 atom stereocenters.